The van der Waals surface area contributed by atoms with Crippen LogP contribution in [0.3, 0.4) is 0 Å². The first-order chi connectivity index (χ1) is 18.9. The summed E-state index contributed by atoms with van der Waals surface area (Å²) >= 11 is 0. The number of amides is 1. The zero-order valence-electron chi connectivity index (χ0n) is 22.5. The summed E-state index contributed by atoms with van der Waals surface area (Å²) in [4.78, 5) is 28.4. The highest BCUT2D eigenvalue weighted by molar-refractivity contribution is 5.94. The highest BCUT2D eigenvalue weighted by atomic mass is 16.5. The molecule has 0 aliphatic rings. The maximum atomic E-state index is 12.4. The van der Waals surface area contributed by atoms with Crippen LogP contribution in [-0.4, -0.2) is 35.2 Å². The van der Waals surface area contributed by atoms with E-state index in [1.165, 1.54) is 0 Å². The number of ether oxygens (including phenoxy) is 1. The molecule has 4 aromatic rings. The van der Waals surface area contributed by atoms with Gasteiger partial charge in [0.2, 0.25) is 5.82 Å². The average Bonchev–Trinajstić information content (AvgIpc) is 3.44. The molecule has 0 saturated heterocycles. The molecule has 3 aromatic carbocycles. The van der Waals surface area contributed by atoms with Crippen LogP contribution in [0.15, 0.2) is 83.4 Å². The average molecular weight is 527 g/mol. The summed E-state index contributed by atoms with van der Waals surface area (Å²) in [5.41, 5.74) is 4.35. The zero-order chi connectivity index (χ0) is 27.6. The molecule has 0 saturated carbocycles. The van der Waals surface area contributed by atoms with Gasteiger partial charge in [0.15, 0.2) is 0 Å². The number of esters is 1. The van der Waals surface area contributed by atoms with Crippen molar-refractivity contribution >= 4 is 17.6 Å². The van der Waals surface area contributed by atoms with E-state index in [2.05, 4.69) is 46.8 Å². The molecule has 0 unspecified atom stereocenters. The summed E-state index contributed by atoms with van der Waals surface area (Å²) in [7, 11) is 0. The van der Waals surface area contributed by atoms with E-state index in [9.17, 15) is 9.59 Å². The summed E-state index contributed by atoms with van der Waals surface area (Å²) in [5.74, 6) is 0.958. The minimum atomic E-state index is -0.323. The number of aromatic nitrogens is 2. The van der Waals surface area contributed by atoms with E-state index in [0.717, 1.165) is 28.8 Å². The van der Waals surface area contributed by atoms with Gasteiger partial charge in [-0.2, -0.15) is 4.98 Å². The maximum Gasteiger partial charge on any atom is 0.307 e. The van der Waals surface area contributed by atoms with E-state index in [-0.39, 0.29) is 30.9 Å². The molecule has 2 N–H and O–H groups in total. The Bertz CT molecular complexity index is 1350. The van der Waals surface area contributed by atoms with Crippen molar-refractivity contribution in [2.75, 3.05) is 18.5 Å². The maximum absolute atomic E-state index is 12.4. The minimum Gasteiger partial charge on any atom is -0.466 e. The molecule has 0 aliphatic heterocycles. The van der Waals surface area contributed by atoms with Gasteiger partial charge in [-0.15, -0.1) is 0 Å². The second-order valence-electron chi connectivity index (χ2n) is 9.63. The molecule has 8 heteroatoms. The standard InChI is InChI=1S/C31H34N4O4/c1-4-38-28(36)18-19-32-30(37)24-14-16-26(17-15-24)33-27(20-21(2)3)22-10-12-23(13-11-22)29-34-31(39-35-29)25-8-6-5-7-9-25/h5-17,21,27,33H,4,18-20H2,1-3H3,(H,32,37)/t27-/m0/s1. The molecule has 0 fully saturated rings. The number of nitrogens with zero attached hydrogens (tertiary/aromatic N) is 2. The molecule has 202 valence electrons. The fraction of sp³-hybridized carbons (Fsp3) is 0.290. The van der Waals surface area contributed by atoms with Crippen LogP contribution >= 0.6 is 0 Å². The van der Waals surface area contributed by atoms with Crippen molar-refractivity contribution in [2.24, 2.45) is 5.92 Å². The Morgan fingerprint density at radius 1 is 0.923 bits per heavy atom. The van der Waals surface area contributed by atoms with Gasteiger partial charge in [-0.1, -0.05) is 61.5 Å². The predicted molar refractivity (Wildman–Crippen MR) is 151 cm³/mol. The van der Waals surface area contributed by atoms with Crippen molar-refractivity contribution in [1.29, 1.82) is 0 Å². The van der Waals surface area contributed by atoms with Crippen LogP contribution < -0.4 is 10.6 Å². The quantitative estimate of drug-likeness (QED) is 0.209. The van der Waals surface area contributed by atoms with Crippen LogP contribution in [0.4, 0.5) is 5.69 Å². The first-order valence-corrected chi connectivity index (χ1v) is 13.2. The minimum absolute atomic E-state index is 0.0773. The molecular formula is C31H34N4O4. The van der Waals surface area contributed by atoms with Gasteiger partial charge >= 0.3 is 5.97 Å². The highest BCUT2D eigenvalue weighted by Gasteiger charge is 2.16. The van der Waals surface area contributed by atoms with E-state index >= 15 is 0 Å². The second kappa shape index (κ2) is 13.4. The van der Waals surface area contributed by atoms with E-state index in [0.29, 0.717) is 29.8 Å². The molecule has 0 bridgehead atoms. The third-order valence-electron chi connectivity index (χ3n) is 6.13. The van der Waals surface area contributed by atoms with Gasteiger partial charge in [0, 0.05) is 28.9 Å². The van der Waals surface area contributed by atoms with Gasteiger partial charge < -0.3 is 19.9 Å². The molecule has 1 aromatic heterocycles. The Morgan fingerprint density at radius 3 is 2.31 bits per heavy atom. The molecule has 0 radical (unpaired) electrons. The molecule has 39 heavy (non-hydrogen) atoms. The third-order valence-corrected chi connectivity index (χ3v) is 6.13. The Balaban J connectivity index is 1.40. The molecule has 1 amide bonds. The lowest BCUT2D eigenvalue weighted by Crippen LogP contribution is -2.26. The molecule has 4 rings (SSSR count). The van der Waals surface area contributed by atoms with Crippen LogP contribution in [-0.2, 0) is 9.53 Å². The molecule has 1 heterocycles. The van der Waals surface area contributed by atoms with Crippen LogP contribution in [0.25, 0.3) is 22.8 Å². The summed E-state index contributed by atoms with van der Waals surface area (Å²) < 4.78 is 10.3. The van der Waals surface area contributed by atoms with Crippen molar-refractivity contribution < 1.29 is 18.8 Å². The van der Waals surface area contributed by atoms with Crippen LogP contribution in [0, 0.1) is 5.92 Å². The monoisotopic (exact) mass is 526 g/mol. The molecule has 1 atom stereocenters. The molecule has 0 aliphatic carbocycles. The first-order valence-electron chi connectivity index (χ1n) is 13.2. The van der Waals surface area contributed by atoms with Gasteiger partial charge in [-0.25, -0.2) is 0 Å². The number of benzene rings is 3. The number of rotatable bonds is 12. The van der Waals surface area contributed by atoms with Gasteiger partial charge in [-0.05, 0) is 61.2 Å². The smallest absolute Gasteiger partial charge is 0.307 e. The lowest BCUT2D eigenvalue weighted by molar-refractivity contribution is -0.142. The third kappa shape index (κ3) is 7.77. The van der Waals surface area contributed by atoms with Gasteiger partial charge in [-0.3, -0.25) is 9.59 Å². The summed E-state index contributed by atoms with van der Waals surface area (Å²) in [6.07, 6.45) is 1.08. The summed E-state index contributed by atoms with van der Waals surface area (Å²) in [5, 5.41) is 10.5. The Hall–Kier alpha value is -4.46. The van der Waals surface area contributed by atoms with E-state index in [1.54, 1.807) is 19.1 Å². The predicted octanol–water partition coefficient (Wildman–Crippen LogP) is 6.29. The number of hydrogen-bond donors (Lipinski definition) is 2. The Kier molecular flexibility index (Phi) is 9.45. The number of nitrogens with one attached hydrogen (secondary N) is 2. The number of carbonyl (C=O) groups is 2. The van der Waals surface area contributed by atoms with Crippen LogP contribution in [0.2, 0.25) is 0 Å². The second-order valence-corrected chi connectivity index (χ2v) is 9.63. The van der Waals surface area contributed by atoms with Crippen molar-refractivity contribution in [2.45, 2.75) is 39.7 Å². The van der Waals surface area contributed by atoms with Crippen molar-refractivity contribution in [3.63, 3.8) is 0 Å². The lowest BCUT2D eigenvalue weighted by atomic mass is 9.95. The largest absolute Gasteiger partial charge is 0.466 e. The number of carbonyl (C=O) groups excluding carboxylic acids is 2. The number of anilines is 1. The van der Waals surface area contributed by atoms with E-state index in [4.69, 9.17) is 9.26 Å². The van der Waals surface area contributed by atoms with E-state index in [1.807, 2.05) is 54.6 Å². The summed E-state index contributed by atoms with van der Waals surface area (Å²) in [6.45, 7) is 6.71. The highest BCUT2D eigenvalue weighted by Crippen LogP contribution is 2.29. The van der Waals surface area contributed by atoms with E-state index < -0.39 is 0 Å². The fourth-order valence-electron chi connectivity index (χ4n) is 4.19. The van der Waals surface area contributed by atoms with Gasteiger partial charge in [0.25, 0.3) is 11.8 Å². The van der Waals surface area contributed by atoms with Gasteiger partial charge in [0.1, 0.15) is 0 Å². The van der Waals surface area contributed by atoms with Crippen LogP contribution in [0.5, 0.6) is 0 Å². The topological polar surface area (TPSA) is 106 Å². The van der Waals surface area contributed by atoms with Crippen molar-refractivity contribution in [3.05, 3.63) is 90.0 Å². The normalized spacial score (nSPS) is 11.7. The molecule has 8 nitrogen and oxygen atoms in total. The van der Waals surface area contributed by atoms with Crippen molar-refractivity contribution in [3.8, 4) is 22.8 Å². The Morgan fingerprint density at radius 2 is 1.64 bits per heavy atom. The molecular weight excluding hydrogens is 492 g/mol. The first kappa shape index (κ1) is 27.6. The number of hydrogen-bond acceptors (Lipinski definition) is 7. The fourth-order valence-corrected chi connectivity index (χ4v) is 4.19. The lowest BCUT2D eigenvalue weighted by Gasteiger charge is -2.22. The van der Waals surface area contributed by atoms with Gasteiger partial charge in [0.05, 0.1) is 19.1 Å². The van der Waals surface area contributed by atoms with Crippen molar-refractivity contribution in [1.82, 2.24) is 15.5 Å². The molecule has 0 spiro atoms. The summed E-state index contributed by atoms with van der Waals surface area (Å²) in [6, 6.07) is 25.3. The zero-order valence-corrected chi connectivity index (χ0v) is 22.5. The Labute approximate surface area is 228 Å². The SMILES string of the molecule is CCOC(=O)CCNC(=O)c1ccc(N[C@@H](CC(C)C)c2ccc(-c3noc(-c4ccccc4)n3)cc2)cc1. The van der Waals surface area contributed by atoms with Crippen LogP contribution in [0.1, 0.15) is 55.6 Å².